The Labute approximate surface area is 197 Å². The lowest BCUT2D eigenvalue weighted by Crippen LogP contribution is -2.32. The molecule has 1 saturated heterocycles. The zero-order valence-electron chi connectivity index (χ0n) is 18.6. The zero-order chi connectivity index (χ0) is 25.9. The summed E-state index contributed by atoms with van der Waals surface area (Å²) in [5.74, 6) is 0. The summed E-state index contributed by atoms with van der Waals surface area (Å²) in [7, 11) is -2.79. The van der Waals surface area contributed by atoms with Gasteiger partial charge in [0.15, 0.2) is 15.5 Å². The Kier molecular flexibility index (Phi) is 8.50. The molecule has 196 valence electrons. The van der Waals surface area contributed by atoms with Crippen molar-refractivity contribution in [2.24, 2.45) is 0 Å². The van der Waals surface area contributed by atoms with Crippen LogP contribution in [0.15, 0.2) is 35.2 Å². The number of sulfone groups is 1. The molecule has 1 aliphatic heterocycles. The second-order valence-electron chi connectivity index (χ2n) is 7.92. The van der Waals surface area contributed by atoms with Crippen LogP contribution in [-0.2, 0) is 42.9 Å². The minimum atomic E-state index is -4.73. The van der Waals surface area contributed by atoms with Gasteiger partial charge in [-0.05, 0) is 43.5 Å². The van der Waals surface area contributed by atoms with Crippen molar-refractivity contribution >= 4 is 9.84 Å². The number of methoxy groups -OCH3 is 1. The molecular weight excluding hydrogens is 506 g/mol. The van der Waals surface area contributed by atoms with Gasteiger partial charge in [-0.2, -0.15) is 31.4 Å². The third-order valence-corrected chi connectivity index (χ3v) is 7.67. The van der Waals surface area contributed by atoms with Crippen molar-refractivity contribution in [3.63, 3.8) is 0 Å². The van der Waals surface area contributed by atoms with Crippen LogP contribution in [-0.4, -0.2) is 50.6 Å². The van der Waals surface area contributed by atoms with Crippen LogP contribution < -0.4 is 0 Å². The summed E-state index contributed by atoms with van der Waals surface area (Å²) in [6, 6.07) is 4.20. The molecule has 14 heteroatoms. The van der Waals surface area contributed by atoms with Gasteiger partial charge in [-0.3, -0.25) is 4.68 Å². The first-order chi connectivity index (χ1) is 16.3. The number of aryl methyl sites for hydroxylation is 1. The minimum Gasteiger partial charge on any atom is -0.372 e. The van der Waals surface area contributed by atoms with Crippen LogP contribution in [0.1, 0.15) is 42.3 Å². The third kappa shape index (κ3) is 6.74. The number of ether oxygens (including phenoxy) is 3. The first-order valence-corrected chi connectivity index (χ1v) is 12.1. The Morgan fingerprint density at radius 3 is 2.54 bits per heavy atom. The molecule has 1 aromatic carbocycles. The molecule has 0 radical (unpaired) electrons. The van der Waals surface area contributed by atoms with Crippen LogP contribution in [0, 0.1) is 0 Å². The monoisotopic (exact) mass is 530 g/mol. The molecule has 1 fully saturated rings. The molecule has 0 spiro atoms. The normalized spacial score (nSPS) is 19.7. The SMILES string of the molecule is COCOCCCn1nc(C(F)(F)F)cc1C1CC(S(=O)(=O)c2cccc(C(F)(F)F)c2)CCO1. The number of alkyl halides is 6. The summed E-state index contributed by atoms with van der Waals surface area (Å²) >= 11 is 0. The van der Waals surface area contributed by atoms with Crippen molar-refractivity contribution in [1.29, 1.82) is 0 Å². The van der Waals surface area contributed by atoms with E-state index in [2.05, 4.69) is 5.10 Å². The lowest BCUT2D eigenvalue weighted by Gasteiger charge is -2.30. The predicted octanol–water partition coefficient (Wildman–Crippen LogP) is 4.63. The second kappa shape index (κ2) is 10.8. The van der Waals surface area contributed by atoms with E-state index < -0.39 is 49.7 Å². The van der Waals surface area contributed by atoms with E-state index in [0.717, 1.165) is 28.9 Å². The summed E-state index contributed by atoms with van der Waals surface area (Å²) in [6.07, 6.45) is -10.4. The Balaban J connectivity index is 1.84. The predicted molar refractivity (Wildman–Crippen MR) is 110 cm³/mol. The van der Waals surface area contributed by atoms with E-state index in [9.17, 15) is 34.8 Å². The van der Waals surface area contributed by atoms with E-state index in [0.29, 0.717) is 12.5 Å². The Morgan fingerprint density at radius 1 is 1.14 bits per heavy atom. The van der Waals surface area contributed by atoms with Crippen LogP contribution in [0.2, 0.25) is 0 Å². The lowest BCUT2D eigenvalue weighted by molar-refractivity contribution is -0.141. The smallest absolute Gasteiger partial charge is 0.372 e. The van der Waals surface area contributed by atoms with E-state index in [1.165, 1.54) is 7.11 Å². The summed E-state index contributed by atoms with van der Waals surface area (Å²) in [5, 5.41) is 2.46. The van der Waals surface area contributed by atoms with Gasteiger partial charge in [-0.1, -0.05) is 6.07 Å². The number of aromatic nitrogens is 2. The maximum absolute atomic E-state index is 13.3. The Morgan fingerprint density at radius 2 is 1.89 bits per heavy atom. The molecular formula is C21H24F6N2O5S. The van der Waals surface area contributed by atoms with Crippen LogP contribution in [0.3, 0.4) is 0 Å². The molecule has 0 saturated carbocycles. The van der Waals surface area contributed by atoms with Gasteiger partial charge >= 0.3 is 12.4 Å². The first-order valence-electron chi connectivity index (χ1n) is 10.6. The molecule has 0 amide bonds. The molecule has 2 atom stereocenters. The quantitative estimate of drug-likeness (QED) is 0.267. The van der Waals surface area contributed by atoms with Gasteiger partial charge in [-0.15, -0.1) is 0 Å². The fraction of sp³-hybridized carbons (Fsp3) is 0.571. The Bertz CT molecular complexity index is 1100. The van der Waals surface area contributed by atoms with Crippen molar-refractivity contribution < 1.29 is 49.0 Å². The molecule has 35 heavy (non-hydrogen) atoms. The Hall–Kier alpha value is -2.16. The van der Waals surface area contributed by atoms with Gasteiger partial charge < -0.3 is 14.2 Å². The highest BCUT2D eigenvalue weighted by Crippen LogP contribution is 2.38. The van der Waals surface area contributed by atoms with Gasteiger partial charge in [-0.25, -0.2) is 8.42 Å². The average Bonchev–Trinajstić information content (AvgIpc) is 3.23. The van der Waals surface area contributed by atoms with Gasteiger partial charge in [0.05, 0.1) is 28.0 Å². The van der Waals surface area contributed by atoms with Gasteiger partial charge in [0, 0.05) is 20.3 Å². The van der Waals surface area contributed by atoms with E-state index in [-0.39, 0.29) is 45.1 Å². The molecule has 3 rings (SSSR count). The van der Waals surface area contributed by atoms with Crippen molar-refractivity contribution in [2.45, 2.75) is 54.4 Å². The van der Waals surface area contributed by atoms with Crippen molar-refractivity contribution in [2.75, 3.05) is 27.1 Å². The van der Waals surface area contributed by atoms with E-state index in [4.69, 9.17) is 14.2 Å². The van der Waals surface area contributed by atoms with Crippen LogP contribution in [0.4, 0.5) is 26.3 Å². The van der Waals surface area contributed by atoms with E-state index in [1.807, 2.05) is 0 Å². The van der Waals surface area contributed by atoms with Gasteiger partial charge in [0.25, 0.3) is 0 Å². The fourth-order valence-electron chi connectivity index (χ4n) is 3.76. The lowest BCUT2D eigenvalue weighted by atomic mass is 10.1. The molecule has 0 aliphatic carbocycles. The molecule has 2 heterocycles. The van der Waals surface area contributed by atoms with Crippen LogP contribution >= 0.6 is 0 Å². The number of halogens is 6. The summed E-state index contributed by atoms with van der Waals surface area (Å²) in [4.78, 5) is -0.502. The fourth-order valence-corrected chi connectivity index (χ4v) is 5.54. The maximum Gasteiger partial charge on any atom is 0.435 e. The highest BCUT2D eigenvalue weighted by molar-refractivity contribution is 7.92. The van der Waals surface area contributed by atoms with Crippen molar-refractivity contribution in [3.8, 4) is 0 Å². The maximum atomic E-state index is 13.3. The number of hydrogen-bond donors (Lipinski definition) is 0. The highest BCUT2D eigenvalue weighted by atomic mass is 32.2. The molecule has 0 N–H and O–H groups in total. The minimum absolute atomic E-state index is 0.0137. The number of rotatable bonds is 9. The van der Waals surface area contributed by atoms with Crippen LogP contribution in [0.25, 0.3) is 0 Å². The largest absolute Gasteiger partial charge is 0.435 e. The first kappa shape index (κ1) is 27.4. The summed E-state index contributed by atoms with van der Waals surface area (Å²) in [6.45, 7) is 0.143. The van der Waals surface area contributed by atoms with Crippen LogP contribution in [0.5, 0.6) is 0 Å². The summed E-state index contributed by atoms with van der Waals surface area (Å²) < 4.78 is 122. The molecule has 2 aromatic rings. The average molecular weight is 530 g/mol. The van der Waals surface area contributed by atoms with Crippen molar-refractivity contribution in [1.82, 2.24) is 9.78 Å². The molecule has 2 unspecified atom stereocenters. The third-order valence-electron chi connectivity index (χ3n) is 5.46. The second-order valence-corrected chi connectivity index (χ2v) is 10.1. The van der Waals surface area contributed by atoms with E-state index >= 15 is 0 Å². The molecule has 0 bridgehead atoms. The summed E-state index contributed by atoms with van der Waals surface area (Å²) in [5.41, 5.74) is -2.23. The molecule has 1 aliphatic rings. The molecule has 7 nitrogen and oxygen atoms in total. The zero-order valence-corrected chi connectivity index (χ0v) is 19.4. The molecule has 1 aromatic heterocycles. The van der Waals surface area contributed by atoms with Gasteiger partial charge in [0.1, 0.15) is 12.9 Å². The van der Waals surface area contributed by atoms with Crippen molar-refractivity contribution in [3.05, 3.63) is 47.3 Å². The number of nitrogens with zero attached hydrogens (tertiary/aromatic N) is 2. The highest BCUT2D eigenvalue weighted by Gasteiger charge is 2.40. The standard InChI is InChI=1S/C21H24F6N2O5S/c1-32-13-33-8-3-7-29-17(12-19(28-29)21(25,26)27)18-11-16(6-9-34-18)35(30,31)15-5-2-4-14(10-15)20(22,23)24/h2,4-5,10,12,16,18H,3,6-9,11,13H2,1H3. The number of benzene rings is 1. The topological polar surface area (TPSA) is 79.7 Å². The van der Waals surface area contributed by atoms with Gasteiger partial charge in [0.2, 0.25) is 0 Å². The van der Waals surface area contributed by atoms with E-state index in [1.54, 1.807) is 0 Å². The number of hydrogen-bond acceptors (Lipinski definition) is 6.